The molecule has 1 aliphatic rings. The summed E-state index contributed by atoms with van der Waals surface area (Å²) in [5.41, 5.74) is 7.11. The van der Waals surface area contributed by atoms with Crippen molar-refractivity contribution in [2.75, 3.05) is 20.1 Å². The lowest BCUT2D eigenvalue weighted by Crippen LogP contribution is -2.45. The number of benzene rings is 1. The second kappa shape index (κ2) is 6.50. The third kappa shape index (κ3) is 3.16. The lowest BCUT2D eigenvalue weighted by molar-refractivity contribution is -0.125. The molecule has 1 amide bonds. The topological polar surface area (TPSA) is 58.4 Å². The molecule has 0 aliphatic carbocycles. The standard InChI is InChI=1S/C14H20BrN3O/c1-17-14(19)12-6-3-7-18(12)13(9-16)10-4-2-5-11(15)8-10/h2,4-5,8,12-13H,3,6-7,9,16H2,1H3,(H,17,19). The minimum atomic E-state index is -0.0578. The molecule has 0 spiro atoms. The molecule has 0 saturated carbocycles. The zero-order valence-electron chi connectivity index (χ0n) is 11.1. The fourth-order valence-corrected chi connectivity index (χ4v) is 3.20. The molecule has 5 heteroatoms. The van der Waals surface area contributed by atoms with Crippen LogP contribution in [0.2, 0.25) is 0 Å². The molecular formula is C14H20BrN3O. The fourth-order valence-electron chi connectivity index (χ4n) is 2.79. The van der Waals surface area contributed by atoms with Crippen LogP contribution in [0.25, 0.3) is 0 Å². The number of nitrogens with zero attached hydrogens (tertiary/aromatic N) is 1. The molecule has 2 atom stereocenters. The molecule has 1 heterocycles. The van der Waals surface area contributed by atoms with Crippen LogP contribution < -0.4 is 11.1 Å². The Morgan fingerprint density at radius 2 is 2.42 bits per heavy atom. The van der Waals surface area contributed by atoms with E-state index in [0.717, 1.165) is 29.4 Å². The molecule has 3 N–H and O–H groups in total. The van der Waals surface area contributed by atoms with Gasteiger partial charge in [0.15, 0.2) is 0 Å². The Kier molecular flexibility index (Phi) is 4.96. The predicted octanol–water partition coefficient (Wildman–Crippen LogP) is 1.66. The highest BCUT2D eigenvalue weighted by Crippen LogP contribution is 2.30. The summed E-state index contributed by atoms with van der Waals surface area (Å²) in [6, 6.07) is 8.20. The number of nitrogens with two attached hydrogens (primary N) is 1. The van der Waals surface area contributed by atoms with Crippen molar-refractivity contribution in [2.24, 2.45) is 5.73 Å². The Balaban J connectivity index is 2.23. The van der Waals surface area contributed by atoms with Crippen molar-refractivity contribution in [1.29, 1.82) is 0 Å². The maximum atomic E-state index is 11.9. The van der Waals surface area contributed by atoms with Crippen molar-refractivity contribution in [3.63, 3.8) is 0 Å². The summed E-state index contributed by atoms with van der Waals surface area (Å²) in [7, 11) is 1.69. The van der Waals surface area contributed by atoms with Gasteiger partial charge in [-0.1, -0.05) is 28.1 Å². The molecule has 1 aliphatic heterocycles. The molecule has 2 rings (SSSR count). The van der Waals surface area contributed by atoms with Gasteiger partial charge < -0.3 is 11.1 Å². The number of halogens is 1. The maximum Gasteiger partial charge on any atom is 0.237 e. The van der Waals surface area contributed by atoms with E-state index in [-0.39, 0.29) is 18.0 Å². The van der Waals surface area contributed by atoms with Crippen LogP contribution in [-0.4, -0.2) is 37.0 Å². The van der Waals surface area contributed by atoms with Crippen LogP contribution in [0.4, 0.5) is 0 Å². The summed E-state index contributed by atoms with van der Waals surface area (Å²) in [5, 5.41) is 2.75. The van der Waals surface area contributed by atoms with E-state index in [1.54, 1.807) is 7.05 Å². The van der Waals surface area contributed by atoms with Gasteiger partial charge in [-0.05, 0) is 37.1 Å². The molecule has 1 aromatic rings. The molecule has 4 nitrogen and oxygen atoms in total. The first-order valence-electron chi connectivity index (χ1n) is 6.60. The van der Waals surface area contributed by atoms with Crippen LogP contribution in [0.1, 0.15) is 24.4 Å². The smallest absolute Gasteiger partial charge is 0.237 e. The fraction of sp³-hybridized carbons (Fsp3) is 0.500. The third-order valence-electron chi connectivity index (χ3n) is 3.70. The normalized spacial score (nSPS) is 21.3. The zero-order chi connectivity index (χ0) is 13.8. The Morgan fingerprint density at radius 1 is 1.63 bits per heavy atom. The SMILES string of the molecule is CNC(=O)C1CCCN1C(CN)c1cccc(Br)c1. The lowest BCUT2D eigenvalue weighted by Gasteiger charge is -2.31. The summed E-state index contributed by atoms with van der Waals surface area (Å²) >= 11 is 3.49. The van der Waals surface area contributed by atoms with E-state index in [0.29, 0.717) is 6.54 Å². The van der Waals surface area contributed by atoms with Crippen molar-refractivity contribution in [2.45, 2.75) is 24.9 Å². The second-order valence-corrected chi connectivity index (χ2v) is 5.73. The monoisotopic (exact) mass is 325 g/mol. The van der Waals surface area contributed by atoms with E-state index in [2.05, 4.69) is 38.3 Å². The van der Waals surface area contributed by atoms with E-state index in [9.17, 15) is 4.79 Å². The van der Waals surface area contributed by atoms with Crippen LogP contribution in [0.15, 0.2) is 28.7 Å². The molecule has 1 aromatic carbocycles. The van der Waals surface area contributed by atoms with E-state index in [1.807, 2.05) is 12.1 Å². The number of amides is 1. The highest BCUT2D eigenvalue weighted by atomic mass is 79.9. The molecule has 19 heavy (non-hydrogen) atoms. The lowest BCUT2D eigenvalue weighted by atomic mass is 10.0. The van der Waals surface area contributed by atoms with Gasteiger partial charge in [0, 0.05) is 24.1 Å². The number of nitrogens with one attached hydrogen (secondary N) is 1. The molecule has 2 unspecified atom stereocenters. The van der Waals surface area contributed by atoms with Crippen LogP contribution in [0.3, 0.4) is 0 Å². The number of hydrogen-bond donors (Lipinski definition) is 2. The van der Waals surface area contributed by atoms with Gasteiger partial charge in [0.05, 0.1) is 6.04 Å². The van der Waals surface area contributed by atoms with Crippen molar-refractivity contribution in [1.82, 2.24) is 10.2 Å². The van der Waals surface area contributed by atoms with Gasteiger partial charge in [-0.25, -0.2) is 0 Å². The van der Waals surface area contributed by atoms with E-state index in [4.69, 9.17) is 5.73 Å². The summed E-state index contributed by atoms with van der Waals surface area (Å²) in [4.78, 5) is 14.2. The van der Waals surface area contributed by atoms with Crippen LogP contribution in [0, 0.1) is 0 Å². The van der Waals surface area contributed by atoms with Gasteiger partial charge in [0.1, 0.15) is 0 Å². The van der Waals surface area contributed by atoms with Crippen molar-refractivity contribution in [3.05, 3.63) is 34.3 Å². The number of hydrogen-bond acceptors (Lipinski definition) is 3. The Labute approximate surface area is 122 Å². The predicted molar refractivity (Wildman–Crippen MR) is 79.7 cm³/mol. The van der Waals surface area contributed by atoms with Gasteiger partial charge in [-0.2, -0.15) is 0 Å². The van der Waals surface area contributed by atoms with Crippen molar-refractivity contribution < 1.29 is 4.79 Å². The summed E-state index contributed by atoms with van der Waals surface area (Å²) in [6.45, 7) is 1.44. The number of likely N-dealkylation sites (N-methyl/N-ethyl adjacent to an activating group) is 1. The van der Waals surface area contributed by atoms with Gasteiger partial charge in [-0.3, -0.25) is 9.69 Å². The van der Waals surface area contributed by atoms with Crippen LogP contribution >= 0.6 is 15.9 Å². The Morgan fingerprint density at radius 3 is 3.05 bits per heavy atom. The average Bonchev–Trinajstić information content (AvgIpc) is 2.88. The largest absolute Gasteiger partial charge is 0.358 e. The number of likely N-dealkylation sites (tertiary alicyclic amines) is 1. The first kappa shape index (κ1) is 14.5. The highest BCUT2D eigenvalue weighted by Gasteiger charge is 2.34. The minimum Gasteiger partial charge on any atom is -0.358 e. The first-order valence-corrected chi connectivity index (χ1v) is 7.39. The van der Waals surface area contributed by atoms with Crippen LogP contribution in [-0.2, 0) is 4.79 Å². The van der Waals surface area contributed by atoms with Crippen LogP contribution in [0.5, 0.6) is 0 Å². The average molecular weight is 326 g/mol. The quantitative estimate of drug-likeness (QED) is 0.885. The van der Waals surface area contributed by atoms with Gasteiger partial charge >= 0.3 is 0 Å². The summed E-state index contributed by atoms with van der Waals surface area (Å²) in [6.07, 6.45) is 1.95. The molecule has 0 aromatic heterocycles. The zero-order valence-corrected chi connectivity index (χ0v) is 12.7. The summed E-state index contributed by atoms with van der Waals surface area (Å²) < 4.78 is 1.04. The minimum absolute atomic E-state index is 0.0578. The molecule has 104 valence electrons. The first-order chi connectivity index (χ1) is 9.17. The van der Waals surface area contributed by atoms with E-state index in [1.165, 1.54) is 0 Å². The summed E-state index contributed by atoms with van der Waals surface area (Å²) in [5.74, 6) is 0.0888. The highest BCUT2D eigenvalue weighted by molar-refractivity contribution is 9.10. The number of rotatable bonds is 4. The van der Waals surface area contributed by atoms with E-state index >= 15 is 0 Å². The Bertz CT molecular complexity index is 452. The Hall–Kier alpha value is -0.910. The molecule has 0 bridgehead atoms. The van der Waals surface area contributed by atoms with E-state index < -0.39 is 0 Å². The second-order valence-electron chi connectivity index (χ2n) is 4.82. The van der Waals surface area contributed by atoms with Crippen molar-refractivity contribution >= 4 is 21.8 Å². The molecule has 1 saturated heterocycles. The number of carbonyl (C=O) groups is 1. The van der Waals surface area contributed by atoms with Crippen molar-refractivity contribution in [3.8, 4) is 0 Å². The van der Waals surface area contributed by atoms with Gasteiger partial charge in [0.2, 0.25) is 5.91 Å². The van der Waals surface area contributed by atoms with Gasteiger partial charge in [-0.15, -0.1) is 0 Å². The maximum absolute atomic E-state index is 11.9. The molecule has 1 fully saturated rings. The molecular weight excluding hydrogens is 306 g/mol. The van der Waals surface area contributed by atoms with Gasteiger partial charge in [0.25, 0.3) is 0 Å². The number of carbonyl (C=O) groups excluding carboxylic acids is 1. The molecule has 0 radical (unpaired) electrons. The third-order valence-corrected chi connectivity index (χ3v) is 4.19.